The molecule has 0 saturated heterocycles. The Kier molecular flexibility index (Phi) is 4.27. The van der Waals surface area contributed by atoms with Crippen molar-refractivity contribution in [1.82, 2.24) is 10.6 Å². The summed E-state index contributed by atoms with van der Waals surface area (Å²) in [5.74, 6) is 0.0482. The molecule has 1 saturated carbocycles. The van der Waals surface area contributed by atoms with Crippen LogP contribution in [0.3, 0.4) is 0 Å². The summed E-state index contributed by atoms with van der Waals surface area (Å²) in [5, 5.41) is 6.45. The van der Waals surface area contributed by atoms with E-state index in [4.69, 9.17) is 4.74 Å². The van der Waals surface area contributed by atoms with Crippen LogP contribution in [0.1, 0.15) is 40.7 Å². The lowest BCUT2D eigenvalue weighted by Gasteiger charge is -2.19. The number of amides is 1. The lowest BCUT2D eigenvalue weighted by molar-refractivity contribution is 0.0938. The lowest BCUT2D eigenvalue weighted by Crippen LogP contribution is -2.31. The summed E-state index contributed by atoms with van der Waals surface area (Å²) in [4.78, 5) is 12.3. The molecule has 21 heavy (non-hydrogen) atoms. The van der Waals surface area contributed by atoms with Gasteiger partial charge in [-0.2, -0.15) is 0 Å². The first kappa shape index (κ1) is 14.5. The van der Waals surface area contributed by atoms with E-state index in [2.05, 4.69) is 16.7 Å². The van der Waals surface area contributed by atoms with Gasteiger partial charge in [-0.25, -0.2) is 0 Å². The van der Waals surface area contributed by atoms with E-state index in [1.54, 1.807) is 7.11 Å². The van der Waals surface area contributed by atoms with Crippen LogP contribution in [0.4, 0.5) is 0 Å². The molecule has 2 N–H and O–H groups in total. The van der Waals surface area contributed by atoms with Crippen molar-refractivity contribution in [3.63, 3.8) is 0 Å². The molecule has 1 heterocycles. The third kappa shape index (κ3) is 3.44. The molecule has 0 bridgehead atoms. The predicted octanol–water partition coefficient (Wildman–Crippen LogP) is 1.88. The van der Waals surface area contributed by atoms with Crippen molar-refractivity contribution in [3.05, 3.63) is 34.9 Å². The van der Waals surface area contributed by atoms with E-state index in [1.807, 2.05) is 12.1 Å². The van der Waals surface area contributed by atoms with Crippen LogP contribution in [-0.2, 0) is 17.7 Å². The third-order valence-electron chi connectivity index (χ3n) is 4.77. The molecule has 0 spiro atoms. The Morgan fingerprint density at radius 3 is 3.00 bits per heavy atom. The Hall–Kier alpha value is -1.39. The second kappa shape index (κ2) is 6.16. The monoisotopic (exact) mass is 288 g/mol. The first-order chi connectivity index (χ1) is 10.2. The molecular formula is C17H24N2O2. The minimum absolute atomic E-state index is 0.0482. The van der Waals surface area contributed by atoms with E-state index in [1.165, 1.54) is 24.0 Å². The van der Waals surface area contributed by atoms with E-state index in [9.17, 15) is 4.79 Å². The van der Waals surface area contributed by atoms with E-state index in [0.29, 0.717) is 5.41 Å². The molecule has 4 nitrogen and oxygen atoms in total. The van der Waals surface area contributed by atoms with Gasteiger partial charge in [-0.15, -0.1) is 0 Å². The molecular weight excluding hydrogens is 264 g/mol. The zero-order valence-electron chi connectivity index (χ0n) is 12.7. The number of nitrogens with one attached hydrogen (secondary N) is 2. The van der Waals surface area contributed by atoms with Crippen LogP contribution < -0.4 is 10.6 Å². The first-order valence-electron chi connectivity index (χ1n) is 7.82. The summed E-state index contributed by atoms with van der Waals surface area (Å²) in [6, 6.07) is 6.09. The van der Waals surface area contributed by atoms with Crippen molar-refractivity contribution in [2.24, 2.45) is 5.41 Å². The second-order valence-electron chi connectivity index (χ2n) is 6.34. The first-order valence-corrected chi connectivity index (χ1v) is 7.82. The molecule has 2 aliphatic rings. The van der Waals surface area contributed by atoms with Gasteiger partial charge >= 0.3 is 0 Å². The topological polar surface area (TPSA) is 50.4 Å². The standard InChI is InChI=1S/C17H24N2O2/c1-21-9-7-17(5-6-17)12-19-16(20)14-3-2-13-4-8-18-11-15(13)10-14/h2-3,10,18H,4-9,11-12H2,1H3,(H,19,20). The summed E-state index contributed by atoms with van der Waals surface area (Å²) < 4.78 is 5.15. The van der Waals surface area contributed by atoms with Crippen LogP contribution in [-0.4, -0.2) is 32.7 Å². The minimum Gasteiger partial charge on any atom is -0.385 e. The molecule has 0 aromatic heterocycles. The van der Waals surface area contributed by atoms with Gasteiger partial charge in [0.15, 0.2) is 0 Å². The van der Waals surface area contributed by atoms with Crippen molar-refractivity contribution in [3.8, 4) is 0 Å². The normalized spacial score (nSPS) is 18.9. The van der Waals surface area contributed by atoms with Crippen molar-refractivity contribution >= 4 is 5.91 Å². The molecule has 1 aromatic rings. The van der Waals surface area contributed by atoms with Crippen molar-refractivity contribution in [1.29, 1.82) is 0 Å². The van der Waals surface area contributed by atoms with Crippen molar-refractivity contribution < 1.29 is 9.53 Å². The Morgan fingerprint density at radius 2 is 2.24 bits per heavy atom. The molecule has 0 unspecified atom stereocenters. The van der Waals surface area contributed by atoms with Crippen LogP contribution in [0, 0.1) is 5.41 Å². The number of carbonyl (C=O) groups is 1. The molecule has 1 amide bonds. The number of rotatable bonds is 6. The zero-order valence-corrected chi connectivity index (χ0v) is 12.7. The predicted molar refractivity (Wildman–Crippen MR) is 82.3 cm³/mol. The number of benzene rings is 1. The van der Waals surface area contributed by atoms with Gasteiger partial charge in [0.1, 0.15) is 0 Å². The van der Waals surface area contributed by atoms with Gasteiger partial charge in [-0.05, 0) is 60.9 Å². The Morgan fingerprint density at radius 1 is 1.38 bits per heavy atom. The van der Waals surface area contributed by atoms with Crippen LogP contribution in [0.5, 0.6) is 0 Å². The second-order valence-corrected chi connectivity index (χ2v) is 6.34. The fraction of sp³-hybridized carbons (Fsp3) is 0.588. The molecule has 114 valence electrons. The van der Waals surface area contributed by atoms with Gasteiger partial charge in [0.05, 0.1) is 0 Å². The number of hydrogen-bond acceptors (Lipinski definition) is 3. The van der Waals surface area contributed by atoms with E-state index in [-0.39, 0.29) is 5.91 Å². The van der Waals surface area contributed by atoms with Gasteiger partial charge in [0.2, 0.25) is 0 Å². The van der Waals surface area contributed by atoms with Gasteiger partial charge in [-0.3, -0.25) is 4.79 Å². The van der Waals surface area contributed by atoms with Crippen LogP contribution in [0.25, 0.3) is 0 Å². The Balaban J connectivity index is 1.58. The zero-order chi connectivity index (χ0) is 14.7. The third-order valence-corrected chi connectivity index (χ3v) is 4.77. The summed E-state index contributed by atoms with van der Waals surface area (Å²) >= 11 is 0. The highest BCUT2D eigenvalue weighted by Crippen LogP contribution is 2.48. The minimum atomic E-state index is 0.0482. The van der Waals surface area contributed by atoms with E-state index in [0.717, 1.165) is 44.6 Å². The fourth-order valence-corrected chi connectivity index (χ4v) is 3.00. The van der Waals surface area contributed by atoms with Crippen LogP contribution >= 0.6 is 0 Å². The van der Waals surface area contributed by atoms with Crippen molar-refractivity contribution in [2.75, 3.05) is 26.8 Å². The van der Waals surface area contributed by atoms with Gasteiger partial charge in [0, 0.05) is 32.4 Å². The molecule has 1 fully saturated rings. The summed E-state index contributed by atoms with van der Waals surface area (Å²) in [5.41, 5.74) is 3.69. The summed E-state index contributed by atoms with van der Waals surface area (Å²) in [6.45, 7) is 3.44. The highest BCUT2D eigenvalue weighted by molar-refractivity contribution is 5.94. The van der Waals surface area contributed by atoms with E-state index < -0.39 is 0 Å². The van der Waals surface area contributed by atoms with Gasteiger partial charge < -0.3 is 15.4 Å². The average molecular weight is 288 g/mol. The molecule has 3 rings (SSSR count). The summed E-state index contributed by atoms with van der Waals surface area (Å²) in [6.07, 6.45) is 4.49. The van der Waals surface area contributed by atoms with Gasteiger partial charge in [-0.1, -0.05) is 6.07 Å². The molecule has 0 atom stereocenters. The maximum atomic E-state index is 12.3. The average Bonchev–Trinajstić information content (AvgIpc) is 3.30. The lowest BCUT2D eigenvalue weighted by atomic mass is 9.98. The quantitative estimate of drug-likeness (QED) is 0.840. The number of ether oxygens (including phenoxy) is 1. The maximum Gasteiger partial charge on any atom is 0.251 e. The number of carbonyl (C=O) groups excluding carboxylic acids is 1. The highest BCUT2D eigenvalue weighted by Gasteiger charge is 2.42. The molecule has 1 aliphatic heterocycles. The highest BCUT2D eigenvalue weighted by atomic mass is 16.5. The number of hydrogen-bond donors (Lipinski definition) is 2. The maximum absolute atomic E-state index is 12.3. The number of fused-ring (bicyclic) bond motifs is 1. The van der Waals surface area contributed by atoms with Crippen LogP contribution in [0.2, 0.25) is 0 Å². The molecule has 1 aliphatic carbocycles. The Labute approximate surface area is 126 Å². The Bertz CT molecular complexity index is 524. The van der Waals surface area contributed by atoms with Crippen LogP contribution in [0.15, 0.2) is 18.2 Å². The van der Waals surface area contributed by atoms with E-state index >= 15 is 0 Å². The summed E-state index contributed by atoms with van der Waals surface area (Å²) in [7, 11) is 1.73. The fourth-order valence-electron chi connectivity index (χ4n) is 3.00. The SMILES string of the molecule is COCCC1(CNC(=O)c2ccc3c(c2)CNCC3)CC1. The molecule has 4 heteroatoms. The van der Waals surface area contributed by atoms with Crippen molar-refractivity contribution in [2.45, 2.75) is 32.2 Å². The molecule has 0 radical (unpaired) electrons. The largest absolute Gasteiger partial charge is 0.385 e. The molecule has 1 aromatic carbocycles. The smallest absolute Gasteiger partial charge is 0.251 e. The van der Waals surface area contributed by atoms with Gasteiger partial charge in [0.25, 0.3) is 5.91 Å². The number of methoxy groups -OCH3 is 1.